The first-order valence-electron chi connectivity index (χ1n) is 4.58. The number of nitrogens with two attached hydrogens (primary N) is 1. The van der Waals surface area contributed by atoms with E-state index in [4.69, 9.17) is 27.3 Å². The Morgan fingerprint density at radius 1 is 1.62 bits per heavy atom. The molecule has 0 aromatic heterocycles. The van der Waals surface area contributed by atoms with E-state index in [0.29, 0.717) is 22.9 Å². The number of oxime groups is 1. The average Bonchev–Trinajstić information content (AvgIpc) is 2.30. The summed E-state index contributed by atoms with van der Waals surface area (Å²) in [5.74, 6) is 1.53. The predicted octanol–water partition coefficient (Wildman–Crippen LogP) is 2.18. The van der Waals surface area contributed by atoms with Crippen LogP contribution in [0.4, 0.5) is 0 Å². The number of rotatable bonds is 5. The Morgan fingerprint density at radius 3 is 2.94 bits per heavy atom. The smallest absolute Gasteiger partial charge is 0.170 e. The van der Waals surface area contributed by atoms with E-state index < -0.39 is 0 Å². The van der Waals surface area contributed by atoms with Crippen molar-refractivity contribution in [1.82, 2.24) is 0 Å². The topological polar surface area (TPSA) is 67.8 Å². The lowest BCUT2D eigenvalue weighted by atomic mass is 10.2. The molecule has 6 heteroatoms. The quantitative estimate of drug-likeness (QED) is 0.280. The SMILES string of the molecule is CSCCOc1ccc(/C(N)=N/O)cc1Cl. The van der Waals surface area contributed by atoms with E-state index >= 15 is 0 Å². The average molecular weight is 261 g/mol. The molecule has 0 unspecified atom stereocenters. The van der Waals surface area contributed by atoms with Gasteiger partial charge < -0.3 is 15.7 Å². The van der Waals surface area contributed by atoms with Crippen molar-refractivity contribution in [2.45, 2.75) is 0 Å². The summed E-state index contributed by atoms with van der Waals surface area (Å²) in [5.41, 5.74) is 5.99. The fourth-order valence-corrected chi connectivity index (χ4v) is 1.56. The van der Waals surface area contributed by atoms with Gasteiger partial charge in [-0.05, 0) is 24.5 Å². The molecule has 88 valence electrons. The van der Waals surface area contributed by atoms with Crippen LogP contribution in [-0.4, -0.2) is 29.7 Å². The normalized spacial score (nSPS) is 11.5. The highest BCUT2D eigenvalue weighted by atomic mass is 35.5. The van der Waals surface area contributed by atoms with Gasteiger partial charge in [-0.15, -0.1) is 0 Å². The molecule has 0 aliphatic carbocycles. The fraction of sp³-hybridized carbons (Fsp3) is 0.300. The molecule has 0 aliphatic heterocycles. The van der Waals surface area contributed by atoms with Crippen molar-refractivity contribution in [3.8, 4) is 5.75 Å². The maximum Gasteiger partial charge on any atom is 0.170 e. The summed E-state index contributed by atoms with van der Waals surface area (Å²) in [6.45, 7) is 0.601. The summed E-state index contributed by atoms with van der Waals surface area (Å²) in [6, 6.07) is 5.00. The Labute approximate surface area is 103 Å². The van der Waals surface area contributed by atoms with Crippen LogP contribution in [0.5, 0.6) is 5.75 Å². The molecule has 1 aromatic carbocycles. The molecular formula is C10H13ClN2O2S. The van der Waals surface area contributed by atoms with E-state index in [-0.39, 0.29) is 5.84 Å². The molecule has 0 radical (unpaired) electrons. The highest BCUT2D eigenvalue weighted by Crippen LogP contribution is 2.25. The molecule has 0 saturated heterocycles. The molecule has 1 aromatic rings. The van der Waals surface area contributed by atoms with E-state index in [1.54, 1.807) is 30.0 Å². The number of hydrogen-bond donors (Lipinski definition) is 2. The van der Waals surface area contributed by atoms with Gasteiger partial charge in [0.1, 0.15) is 5.75 Å². The van der Waals surface area contributed by atoms with E-state index in [1.807, 2.05) is 6.26 Å². The highest BCUT2D eigenvalue weighted by molar-refractivity contribution is 7.98. The molecule has 0 bridgehead atoms. The molecule has 0 aliphatic rings. The zero-order chi connectivity index (χ0) is 12.0. The second-order valence-corrected chi connectivity index (χ2v) is 4.36. The Balaban J connectivity index is 2.75. The van der Waals surface area contributed by atoms with Crippen LogP contribution >= 0.6 is 23.4 Å². The van der Waals surface area contributed by atoms with Crippen molar-refractivity contribution < 1.29 is 9.94 Å². The standard InChI is InChI=1S/C10H13ClN2O2S/c1-16-5-4-15-9-3-2-7(6-8(9)11)10(12)13-14/h2-3,6,14H,4-5H2,1H3,(H2,12,13). The van der Waals surface area contributed by atoms with Gasteiger partial charge in [0.25, 0.3) is 0 Å². The molecule has 0 heterocycles. The van der Waals surface area contributed by atoms with Crippen molar-refractivity contribution in [2.75, 3.05) is 18.6 Å². The van der Waals surface area contributed by atoms with Gasteiger partial charge in [-0.3, -0.25) is 0 Å². The van der Waals surface area contributed by atoms with Gasteiger partial charge >= 0.3 is 0 Å². The molecule has 3 N–H and O–H groups in total. The second kappa shape index (κ2) is 6.50. The molecular weight excluding hydrogens is 248 g/mol. The second-order valence-electron chi connectivity index (χ2n) is 2.97. The van der Waals surface area contributed by atoms with Gasteiger partial charge in [0.15, 0.2) is 5.84 Å². The summed E-state index contributed by atoms with van der Waals surface area (Å²) in [5, 5.41) is 11.9. The van der Waals surface area contributed by atoms with Crippen LogP contribution < -0.4 is 10.5 Å². The number of thioether (sulfide) groups is 1. The van der Waals surface area contributed by atoms with Crippen LogP contribution in [-0.2, 0) is 0 Å². The van der Waals surface area contributed by atoms with Gasteiger partial charge in [-0.2, -0.15) is 11.8 Å². The van der Waals surface area contributed by atoms with Crippen LogP contribution in [0.1, 0.15) is 5.56 Å². The molecule has 0 saturated carbocycles. The van der Waals surface area contributed by atoms with Gasteiger partial charge in [-0.1, -0.05) is 16.8 Å². The lowest BCUT2D eigenvalue weighted by Gasteiger charge is -2.08. The molecule has 16 heavy (non-hydrogen) atoms. The van der Waals surface area contributed by atoms with Crippen molar-refractivity contribution in [2.24, 2.45) is 10.9 Å². The lowest BCUT2D eigenvalue weighted by molar-refractivity contribution is 0.318. The minimum atomic E-state index is 0.0255. The summed E-state index contributed by atoms with van der Waals surface area (Å²) >= 11 is 7.68. The Kier molecular flexibility index (Phi) is 5.28. The number of hydrogen-bond acceptors (Lipinski definition) is 4. The number of halogens is 1. The molecule has 4 nitrogen and oxygen atoms in total. The number of amidine groups is 1. The fourth-order valence-electron chi connectivity index (χ4n) is 1.07. The molecule has 0 fully saturated rings. The van der Waals surface area contributed by atoms with Crippen molar-refractivity contribution in [3.63, 3.8) is 0 Å². The van der Waals surface area contributed by atoms with Crippen LogP contribution in [0.15, 0.2) is 23.4 Å². The number of nitrogens with zero attached hydrogens (tertiary/aromatic N) is 1. The first-order valence-corrected chi connectivity index (χ1v) is 6.35. The first kappa shape index (κ1) is 13.0. The third-order valence-corrected chi connectivity index (χ3v) is 2.75. The van der Waals surface area contributed by atoms with Crippen molar-refractivity contribution >= 4 is 29.2 Å². The van der Waals surface area contributed by atoms with Crippen LogP contribution in [0.2, 0.25) is 5.02 Å². The zero-order valence-electron chi connectivity index (χ0n) is 8.81. The van der Waals surface area contributed by atoms with Crippen molar-refractivity contribution in [1.29, 1.82) is 0 Å². The van der Waals surface area contributed by atoms with E-state index in [9.17, 15) is 0 Å². The first-order chi connectivity index (χ1) is 7.69. The van der Waals surface area contributed by atoms with Gasteiger partial charge in [0.05, 0.1) is 11.6 Å². The maximum absolute atomic E-state index is 8.51. The van der Waals surface area contributed by atoms with Crippen molar-refractivity contribution in [3.05, 3.63) is 28.8 Å². The monoisotopic (exact) mass is 260 g/mol. The summed E-state index contributed by atoms with van der Waals surface area (Å²) < 4.78 is 5.45. The van der Waals surface area contributed by atoms with Crippen LogP contribution in [0, 0.1) is 0 Å². The third kappa shape index (κ3) is 3.50. The molecule has 1 rings (SSSR count). The molecule has 0 amide bonds. The minimum absolute atomic E-state index is 0.0255. The third-order valence-electron chi connectivity index (χ3n) is 1.88. The van der Waals surface area contributed by atoms with E-state index in [0.717, 1.165) is 5.75 Å². The van der Waals surface area contributed by atoms with Crippen LogP contribution in [0.3, 0.4) is 0 Å². The summed E-state index contributed by atoms with van der Waals surface area (Å²) in [6.07, 6.45) is 2.01. The molecule has 0 atom stereocenters. The minimum Gasteiger partial charge on any atom is -0.491 e. The van der Waals surface area contributed by atoms with Gasteiger partial charge in [0, 0.05) is 11.3 Å². The Morgan fingerprint density at radius 2 is 2.38 bits per heavy atom. The van der Waals surface area contributed by atoms with E-state index in [1.165, 1.54) is 0 Å². The highest BCUT2D eigenvalue weighted by Gasteiger charge is 2.05. The van der Waals surface area contributed by atoms with E-state index in [2.05, 4.69) is 5.16 Å². The Bertz CT molecular complexity index is 385. The van der Waals surface area contributed by atoms with Gasteiger partial charge in [0.2, 0.25) is 0 Å². The largest absolute Gasteiger partial charge is 0.491 e. The maximum atomic E-state index is 8.51. The number of benzene rings is 1. The Hall–Kier alpha value is -1.07. The predicted molar refractivity (Wildman–Crippen MR) is 67.8 cm³/mol. The lowest BCUT2D eigenvalue weighted by Crippen LogP contribution is -2.13. The number of ether oxygens (including phenoxy) is 1. The zero-order valence-corrected chi connectivity index (χ0v) is 10.4. The van der Waals surface area contributed by atoms with Crippen LogP contribution in [0.25, 0.3) is 0 Å². The molecule has 0 spiro atoms. The summed E-state index contributed by atoms with van der Waals surface area (Å²) in [4.78, 5) is 0. The summed E-state index contributed by atoms with van der Waals surface area (Å²) in [7, 11) is 0. The van der Waals surface area contributed by atoms with Gasteiger partial charge in [-0.25, -0.2) is 0 Å².